The minimum Gasteiger partial charge on any atom is -0.315 e. The van der Waals surface area contributed by atoms with Gasteiger partial charge in [0.05, 0.1) is 5.75 Å². The van der Waals surface area contributed by atoms with Crippen LogP contribution < -0.4 is 4.90 Å². The number of halogens is 1. The lowest BCUT2D eigenvalue weighted by atomic mass is 10.3. The zero-order valence-electron chi connectivity index (χ0n) is 8.14. The summed E-state index contributed by atoms with van der Waals surface area (Å²) in [6.07, 6.45) is 0. The van der Waals surface area contributed by atoms with Gasteiger partial charge in [0.1, 0.15) is 5.82 Å². The highest BCUT2D eigenvalue weighted by molar-refractivity contribution is 8.21. The number of hydrogen-bond acceptors (Lipinski definition) is 3. The summed E-state index contributed by atoms with van der Waals surface area (Å²) in [6.45, 7) is 0. The zero-order valence-corrected chi connectivity index (χ0v) is 9.78. The Morgan fingerprint density at radius 1 is 1.53 bits per heavy atom. The smallest absolute Gasteiger partial charge is 0.237 e. The lowest BCUT2D eigenvalue weighted by molar-refractivity contribution is -0.115. The molecule has 0 N–H and O–H groups in total. The lowest BCUT2D eigenvalue weighted by Crippen LogP contribution is -2.27. The molecule has 1 rings (SSSR count). The van der Waals surface area contributed by atoms with Crippen LogP contribution in [-0.4, -0.2) is 23.4 Å². The average molecular weight is 243 g/mol. The molecule has 0 aliphatic rings. The van der Waals surface area contributed by atoms with E-state index in [0.717, 1.165) is 0 Å². The van der Waals surface area contributed by atoms with Crippen LogP contribution in [0.2, 0.25) is 0 Å². The summed E-state index contributed by atoms with van der Waals surface area (Å²) >= 11 is 5.88. The summed E-state index contributed by atoms with van der Waals surface area (Å²) in [6, 6.07) is 5.78. The molecule has 0 heterocycles. The van der Waals surface area contributed by atoms with E-state index in [-0.39, 0.29) is 11.7 Å². The Labute approximate surface area is 97.5 Å². The van der Waals surface area contributed by atoms with Gasteiger partial charge in [0.15, 0.2) is 0 Å². The molecule has 0 fully saturated rings. The van der Waals surface area contributed by atoms with Crippen LogP contribution in [-0.2, 0) is 4.79 Å². The van der Waals surface area contributed by atoms with E-state index in [1.165, 1.54) is 33.5 Å². The molecule has 0 spiro atoms. The van der Waals surface area contributed by atoms with E-state index in [1.54, 1.807) is 19.2 Å². The number of benzene rings is 1. The molecule has 0 aliphatic heterocycles. The van der Waals surface area contributed by atoms with E-state index in [1.807, 2.05) is 0 Å². The first kappa shape index (κ1) is 12.1. The quantitative estimate of drug-likeness (QED) is 0.758. The first-order chi connectivity index (χ1) is 7.15. The van der Waals surface area contributed by atoms with Crippen LogP contribution in [0.4, 0.5) is 10.1 Å². The van der Waals surface area contributed by atoms with Gasteiger partial charge in [0.2, 0.25) is 5.91 Å². The zero-order chi connectivity index (χ0) is 11.3. The monoisotopic (exact) mass is 243 g/mol. The van der Waals surface area contributed by atoms with Gasteiger partial charge in [0.25, 0.3) is 0 Å². The number of hydrogen-bond donors (Lipinski definition) is 0. The van der Waals surface area contributed by atoms with E-state index in [4.69, 9.17) is 0 Å². The van der Waals surface area contributed by atoms with Crippen LogP contribution >= 0.6 is 24.0 Å². The fraction of sp³-hybridized carbons (Fsp3) is 0.200. The number of rotatable bonds is 4. The first-order valence-electron chi connectivity index (χ1n) is 4.22. The van der Waals surface area contributed by atoms with Crippen LogP contribution in [0.1, 0.15) is 0 Å². The van der Waals surface area contributed by atoms with Gasteiger partial charge in [-0.05, 0) is 24.3 Å². The average Bonchev–Trinajstić information content (AvgIpc) is 2.26. The number of nitrogens with zero attached hydrogens (tertiary/aromatic N) is 1. The summed E-state index contributed by atoms with van der Waals surface area (Å²) in [4.78, 5) is 13.0. The fourth-order valence-electron chi connectivity index (χ4n) is 1.01. The van der Waals surface area contributed by atoms with E-state index < -0.39 is 0 Å². The third-order valence-electron chi connectivity index (χ3n) is 1.86. The Morgan fingerprint density at radius 2 is 2.13 bits per heavy atom. The molecule has 0 aliphatic carbocycles. The third kappa shape index (κ3) is 3.60. The van der Waals surface area contributed by atoms with Crippen molar-refractivity contribution in [3.05, 3.63) is 30.1 Å². The second-order valence-corrected chi connectivity index (χ2v) is 4.23. The summed E-state index contributed by atoms with van der Waals surface area (Å²) in [5.74, 6) is -0.0715. The number of thioether (sulfide) groups is 1. The summed E-state index contributed by atoms with van der Waals surface area (Å²) in [5.41, 5.74) is 0.673. The van der Waals surface area contributed by atoms with Gasteiger partial charge in [-0.1, -0.05) is 12.2 Å². The Kier molecular flexibility index (Phi) is 4.71. The van der Waals surface area contributed by atoms with Crippen molar-refractivity contribution >= 4 is 40.3 Å². The minimum atomic E-state index is -0.312. The van der Waals surface area contributed by atoms with Crippen molar-refractivity contribution in [2.75, 3.05) is 17.7 Å². The van der Waals surface area contributed by atoms with Crippen LogP contribution in [0, 0.1) is 5.82 Å². The standard InChI is InChI=1S/C10H10FNOS2/c1-12(10(13)6-15-7-14)9-4-2-8(11)3-5-9/h2-5,7H,6H2,1H3. The van der Waals surface area contributed by atoms with Crippen LogP contribution in [0.25, 0.3) is 0 Å². The molecule has 0 bridgehead atoms. The highest BCUT2D eigenvalue weighted by Gasteiger charge is 2.09. The molecular formula is C10H10FNOS2. The van der Waals surface area contributed by atoms with Gasteiger partial charge in [0, 0.05) is 17.4 Å². The number of amides is 1. The van der Waals surface area contributed by atoms with Gasteiger partial charge in [-0.25, -0.2) is 4.39 Å². The molecule has 5 heteroatoms. The molecule has 0 radical (unpaired) electrons. The highest BCUT2D eigenvalue weighted by atomic mass is 32.2. The molecule has 1 aromatic carbocycles. The molecule has 0 saturated carbocycles. The van der Waals surface area contributed by atoms with Crippen LogP contribution in [0.3, 0.4) is 0 Å². The number of anilines is 1. The number of thiocarbonyl (C=S) groups is 1. The maximum Gasteiger partial charge on any atom is 0.237 e. The predicted octanol–water partition coefficient (Wildman–Crippen LogP) is 2.48. The van der Waals surface area contributed by atoms with Gasteiger partial charge >= 0.3 is 0 Å². The van der Waals surface area contributed by atoms with Crippen molar-refractivity contribution in [3.63, 3.8) is 0 Å². The summed E-state index contributed by atoms with van der Waals surface area (Å²) in [5, 5.41) is 0. The normalized spacial score (nSPS) is 9.73. The molecule has 1 amide bonds. The molecular weight excluding hydrogens is 233 g/mol. The lowest BCUT2D eigenvalue weighted by Gasteiger charge is -2.16. The molecule has 0 saturated heterocycles. The van der Waals surface area contributed by atoms with Crippen molar-refractivity contribution in [1.29, 1.82) is 0 Å². The van der Waals surface area contributed by atoms with Crippen molar-refractivity contribution < 1.29 is 9.18 Å². The van der Waals surface area contributed by atoms with Crippen LogP contribution in [0.15, 0.2) is 24.3 Å². The first-order valence-corrected chi connectivity index (χ1v) is 5.74. The highest BCUT2D eigenvalue weighted by Crippen LogP contribution is 2.14. The minimum absolute atomic E-state index is 0.0623. The fourth-order valence-corrected chi connectivity index (χ4v) is 1.62. The Balaban J connectivity index is 2.67. The third-order valence-corrected chi connectivity index (χ3v) is 2.82. The number of carbonyl (C=O) groups excluding carboxylic acids is 1. The van der Waals surface area contributed by atoms with E-state index in [9.17, 15) is 9.18 Å². The van der Waals surface area contributed by atoms with Crippen molar-refractivity contribution in [2.45, 2.75) is 0 Å². The van der Waals surface area contributed by atoms with E-state index >= 15 is 0 Å². The van der Waals surface area contributed by atoms with E-state index in [2.05, 4.69) is 12.2 Å². The molecule has 15 heavy (non-hydrogen) atoms. The van der Waals surface area contributed by atoms with Crippen LogP contribution in [0.5, 0.6) is 0 Å². The number of carbonyl (C=O) groups is 1. The van der Waals surface area contributed by atoms with Gasteiger partial charge in [-0.2, -0.15) is 0 Å². The molecule has 1 aromatic rings. The Morgan fingerprint density at radius 3 is 2.67 bits per heavy atom. The molecule has 0 atom stereocenters. The van der Waals surface area contributed by atoms with Crippen molar-refractivity contribution in [3.8, 4) is 0 Å². The van der Waals surface area contributed by atoms with Crippen molar-refractivity contribution in [2.24, 2.45) is 0 Å². The predicted molar refractivity (Wildman–Crippen MR) is 65.9 cm³/mol. The maximum absolute atomic E-state index is 12.6. The van der Waals surface area contributed by atoms with Gasteiger partial charge in [-0.3, -0.25) is 4.79 Å². The van der Waals surface area contributed by atoms with E-state index in [0.29, 0.717) is 11.4 Å². The summed E-state index contributed by atoms with van der Waals surface area (Å²) < 4.78 is 14.1. The Hall–Kier alpha value is -0.940. The second-order valence-electron chi connectivity index (χ2n) is 2.84. The molecule has 0 unspecified atom stereocenters. The Bertz CT molecular complexity index is 353. The second kappa shape index (κ2) is 5.82. The topological polar surface area (TPSA) is 20.3 Å². The maximum atomic E-state index is 12.6. The largest absolute Gasteiger partial charge is 0.315 e. The van der Waals surface area contributed by atoms with Gasteiger partial charge in [-0.15, -0.1) is 11.8 Å². The molecule has 0 aromatic heterocycles. The van der Waals surface area contributed by atoms with Crippen molar-refractivity contribution in [1.82, 2.24) is 0 Å². The summed E-state index contributed by atoms with van der Waals surface area (Å²) in [7, 11) is 1.65. The molecule has 80 valence electrons. The molecule has 2 nitrogen and oxygen atoms in total. The van der Waals surface area contributed by atoms with Gasteiger partial charge < -0.3 is 4.90 Å². The SMILES string of the molecule is CN(C(=O)CSC=S)c1ccc(F)cc1.